The highest BCUT2D eigenvalue weighted by Gasteiger charge is 2.19. The molecule has 2 N–H and O–H groups in total. The van der Waals surface area contributed by atoms with Crippen molar-refractivity contribution in [2.24, 2.45) is 0 Å². The largest absolute Gasteiger partial charge is 0.481 e. The first kappa shape index (κ1) is 17.2. The number of hydrogen-bond donors (Lipinski definition) is 2. The third-order valence-corrected chi connectivity index (χ3v) is 4.06. The summed E-state index contributed by atoms with van der Waals surface area (Å²) in [7, 11) is 0. The Balaban J connectivity index is 1.98. The van der Waals surface area contributed by atoms with E-state index in [9.17, 15) is 9.59 Å². The summed E-state index contributed by atoms with van der Waals surface area (Å²) < 4.78 is 0.920. The smallest absolute Gasteiger partial charge is 0.303 e. The van der Waals surface area contributed by atoms with Crippen LogP contribution in [0.4, 0.5) is 0 Å². The Morgan fingerprint density at radius 3 is 2.26 bits per heavy atom. The molecular weight excluding hydrogens is 358 g/mol. The molecule has 0 aliphatic carbocycles. The van der Waals surface area contributed by atoms with Gasteiger partial charge >= 0.3 is 5.97 Å². The fourth-order valence-electron chi connectivity index (χ4n) is 2.35. The van der Waals surface area contributed by atoms with E-state index >= 15 is 0 Å². The van der Waals surface area contributed by atoms with Crippen LogP contribution in [0.5, 0.6) is 0 Å². The van der Waals surface area contributed by atoms with Crippen molar-refractivity contribution in [2.75, 3.05) is 0 Å². The molecule has 0 spiro atoms. The molecule has 0 aliphatic heterocycles. The molecule has 0 unspecified atom stereocenters. The average molecular weight is 376 g/mol. The van der Waals surface area contributed by atoms with Crippen molar-refractivity contribution in [1.29, 1.82) is 0 Å². The van der Waals surface area contributed by atoms with Crippen LogP contribution in [0.1, 0.15) is 29.9 Å². The maximum atomic E-state index is 12.1. The van der Waals surface area contributed by atoms with E-state index < -0.39 is 5.97 Å². The summed E-state index contributed by atoms with van der Waals surface area (Å²) in [5.41, 5.74) is 1.87. The number of halogens is 1. The molecule has 1 amide bonds. The van der Waals surface area contributed by atoms with Crippen LogP contribution >= 0.6 is 15.9 Å². The zero-order valence-electron chi connectivity index (χ0n) is 12.5. The van der Waals surface area contributed by atoms with Crippen LogP contribution in [0.3, 0.4) is 0 Å². The minimum Gasteiger partial charge on any atom is -0.481 e. The summed E-state index contributed by atoms with van der Waals surface area (Å²) in [6.07, 6.45) is 0.0845. The van der Waals surface area contributed by atoms with Gasteiger partial charge in [0.2, 0.25) is 5.91 Å². The van der Waals surface area contributed by atoms with Gasteiger partial charge in [-0.2, -0.15) is 0 Å². The summed E-state index contributed by atoms with van der Waals surface area (Å²) >= 11 is 3.35. The molecule has 2 aromatic carbocycles. The van der Waals surface area contributed by atoms with Crippen LogP contribution < -0.4 is 5.32 Å². The Bertz CT molecular complexity index is 656. The second-order valence-corrected chi connectivity index (χ2v) is 6.23. The SMILES string of the molecule is O=C(O)C[C@H](CC(=O)NCc1ccccc1)c1ccc(Br)cc1. The maximum absolute atomic E-state index is 12.1. The van der Waals surface area contributed by atoms with E-state index in [0.717, 1.165) is 15.6 Å². The predicted octanol–water partition coefficient (Wildman–Crippen LogP) is 3.71. The van der Waals surface area contributed by atoms with Crippen molar-refractivity contribution in [3.8, 4) is 0 Å². The molecule has 0 bridgehead atoms. The molecule has 0 heterocycles. The van der Waals surface area contributed by atoms with Crippen LogP contribution in [0.25, 0.3) is 0 Å². The topological polar surface area (TPSA) is 66.4 Å². The van der Waals surface area contributed by atoms with Crippen LogP contribution in [0.2, 0.25) is 0 Å². The molecule has 0 fully saturated rings. The normalized spacial score (nSPS) is 11.7. The summed E-state index contributed by atoms with van der Waals surface area (Å²) in [6.45, 7) is 0.444. The van der Waals surface area contributed by atoms with Crippen LogP contribution in [0, 0.1) is 0 Å². The van der Waals surface area contributed by atoms with Gasteiger partial charge in [0, 0.05) is 23.4 Å². The van der Waals surface area contributed by atoms with E-state index in [1.54, 1.807) is 0 Å². The monoisotopic (exact) mass is 375 g/mol. The number of rotatable bonds is 7. The number of carboxylic acids is 1. The number of amides is 1. The van der Waals surface area contributed by atoms with Gasteiger partial charge in [0.1, 0.15) is 0 Å². The Labute approximate surface area is 143 Å². The van der Waals surface area contributed by atoms with Crippen LogP contribution in [-0.4, -0.2) is 17.0 Å². The van der Waals surface area contributed by atoms with Gasteiger partial charge in [-0.25, -0.2) is 0 Å². The zero-order chi connectivity index (χ0) is 16.7. The van der Waals surface area contributed by atoms with Crippen molar-refractivity contribution < 1.29 is 14.7 Å². The van der Waals surface area contributed by atoms with E-state index in [4.69, 9.17) is 5.11 Å². The highest BCUT2D eigenvalue weighted by molar-refractivity contribution is 9.10. The van der Waals surface area contributed by atoms with Crippen molar-refractivity contribution in [3.63, 3.8) is 0 Å². The molecule has 120 valence electrons. The van der Waals surface area contributed by atoms with Gasteiger partial charge in [0.15, 0.2) is 0 Å². The summed E-state index contributed by atoms with van der Waals surface area (Å²) in [5, 5.41) is 11.9. The van der Waals surface area contributed by atoms with Crippen molar-refractivity contribution in [3.05, 3.63) is 70.2 Å². The van der Waals surface area contributed by atoms with Gasteiger partial charge < -0.3 is 10.4 Å². The van der Waals surface area contributed by atoms with Crippen molar-refractivity contribution in [1.82, 2.24) is 5.32 Å². The Morgan fingerprint density at radius 2 is 1.65 bits per heavy atom. The number of nitrogens with one attached hydrogen (secondary N) is 1. The standard InChI is InChI=1S/C18H18BrNO3/c19-16-8-6-14(7-9-16)15(11-18(22)23)10-17(21)20-12-13-4-2-1-3-5-13/h1-9,15H,10-12H2,(H,20,21)(H,22,23)/t15-/m0/s1. The van der Waals surface area contributed by atoms with Gasteiger partial charge in [-0.1, -0.05) is 58.4 Å². The molecule has 4 nitrogen and oxygen atoms in total. The Morgan fingerprint density at radius 1 is 1.00 bits per heavy atom. The quantitative estimate of drug-likeness (QED) is 0.774. The predicted molar refractivity (Wildman–Crippen MR) is 92.0 cm³/mol. The lowest BCUT2D eigenvalue weighted by molar-refractivity contribution is -0.137. The molecular formula is C18H18BrNO3. The van der Waals surface area contributed by atoms with Crippen molar-refractivity contribution >= 4 is 27.8 Å². The number of benzene rings is 2. The minimum atomic E-state index is -0.909. The van der Waals surface area contributed by atoms with E-state index in [1.165, 1.54) is 0 Å². The molecule has 5 heteroatoms. The Hall–Kier alpha value is -2.14. The fraction of sp³-hybridized carbons (Fsp3) is 0.222. The second-order valence-electron chi connectivity index (χ2n) is 5.31. The second kappa shape index (κ2) is 8.48. The van der Waals surface area contributed by atoms with E-state index in [2.05, 4.69) is 21.2 Å². The lowest BCUT2D eigenvalue weighted by Crippen LogP contribution is -2.25. The van der Waals surface area contributed by atoms with Crippen LogP contribution in [0.15, 0.2) is 59.1 Å². The van der Waals surface area contributed by atoms with Gasteiger partial charge in [-0.05, 0) is 23.3 Å². The first-order valence-corrected chi connectivity index (χ1v) is 8.12. The molecule has 0 aliphatic rings. The minimum absolute atomic E-state index is 0.0691. The number of carbonyl (C=O) groups is 2. The molecule has 1 atom stereocenters. The van der Waals surface area contributed by atoms with E-state index in [0.29, 0.717) is 6.54 Å². The third kappa shape index (κ3) is 5.87. The van der Waals surface area contributed by atoms with Gasteiger partial charge in [0.05, 0.1) is 6.42 Å². The molecule has 0 saturated heterocycles. The van der Waals surface area contributed by atoms with Crippen LogP contribution in [-0.2, 0) is 16.1 Å². The maximum Gasteiger partial charge on any atom is 0.303 e. The highest BCUT2D eigenvalue weighted by atomic mass is 79.9. The fourth-order valence-corrected chi connectivity index (χ4v) is 2.61. The van der Waals surface area contributed by atoms with Gasteiger partial charge in [-0.15, -0.1) is 0 Å². The number of aliphatic carboxylic acids is 1. The molecule has 0 radical (unpaired) electrons. The lowest BCUT2D eigenvalue weighted by Gasteiger charge is -2.15. The van der Waals surface area contributed by atoms with Gasteiger partial charge in [0.25, 0.3) is 0 Å². The lowest BCUT2D eigenvalue weighted by atomic mass is 9.92. The summed E-state index contributed by atoms with van der Waals surface area (Å²) in [4.78, 5) is 23.2. The number of carboxylic acid groups (broad SMARTS) is 1. The van der Waals surface area contributed by atoms with Crippen molar-refractivity contribution in [2.45, 2.75) is 25.3 Å². The number of carbonyl (C=O) groups excluding carboxylic acids is 1. The number of hydrogen-bond acceptors (Lipinski definition) is 2. The van der Waals surface area contributed by atoms with E-state index in [1.807, 2.05) is 54.6 Å². The first-order valence-electron chi connectivity index (χ1n) is 7.32. The molecule has 23 heavy (non-hydrogen) atoms. The first-order chi connectivity index (χ1) is 11.0. The summed E-state index contributed by atoms with van der Waals surface area (Å²) in [5.74, 6) is -1.40. The molecule has 2 rings (SSSR count). The molecule has 0 aromatic heterocycles. The van der Waals surface area contributed by atoms with E-state index in [-0.39, 0.29) is 24.7 Å². The Kier molecular flexibility index (Phi) is 6.35. The molecule has 0 saturated carbocycles. The third-order valence-electron chi connectivity index (χ3n) is 3.53. The zero-order valence-corrected chi connectivity index (χ0v) is 14.1. The molecule has 2 aromatic rings. The highest BCUT2D eigenvalue weighted by Crippen LogP contribution is 2.25. The summed E-state index contributed by atoms with van der Waals surface area (Å²) in [6, 6.07) is 17.0. The average Bonchev–Trinajstić information content (AvgIpc) is 2.53. The van der Waals surface area contributed by atoms with Gasteiger partial charge in [-0.3, -0.25) is 9.59 Å².